The van der Waals surface area contributed by atoms with Crippen LogP contribution in [0.3, 0.4) is 0 Å². The maximum absolute atomic E-state index is 7.32. The van der Waals surface area contributed by atoms with Gasteiger partial charge < -0.3 is 9.64 Å². The van der Waals surface area contributed by atoms with Crippen LogP contribution in [-0.2, 0) is 10.8 Å². The number of para-hydroxylation sites is 2. The average molecular weight is 720 g/mol. The van der Waals surface area contributed by atoms with Crippen molar-refractivity contribution < 1.29 is 4.74 Å². The highest BCUT2D eigenvalue weighted by atomic mass is 16.5. The molecule has 1 aliphatic heterocycles. The van der Waals surface area contributed by atoms with Gasteiger partial charge in [0.1, 0.15) is 5.75 Å². The van der Waals surface area contributed by atoms with Crippen molar-refractivity contribution >= 4 is 16.9 Å². The van der Waals surface area contributed by atoms with Crippen molar-refractivity contribution in [2.45, 2.75) is 50.4 Å². The van der Waals surface area contributed by atoms with E-state index in [1.54, 1.807) is 0 Å². The molecule has 0 aromatic heterocycles. The van der Waals surface area contributed by atoms with E-state index in [2.05, 4.69) is 194 Å². The van der Waals surface area contributed by atoms with Gasteiger partial charge in [-0.25, -0.2) is 0 Å². The second-order valence-electron chi connectivity index (χ2n) is 16.0. The predicted molar refractivity (Wildman–Crippen MR) is 230 cm³/mol. The van der Waals surface area contributed by atoms with Gasteiger partial charge in [0.15, 0.2) is 5.76 Å². The molecular weight excluding hydrogens is 679 g/mol. The van der Waals surface area contributed by atoms with Crippen molar-refractivity contribution in [3.8, 4) is 39.8 Å². The second kappa shape index (κ2) is 12.5. The highest BCUT2D eigenvalue weighted by Gasteiger charge is 2.53. The van der Waals surface area contributed by atoms with Crippen molar-refractivity contribution in [1.29, 1.82) is 0 Å². The summed E-state index contributed by atoms with van der Waals surface area (Å²) in [6.07, 6.45) is 12.2. The van der Waals surface area contributed by atoms with E-state index >= 15 is 0 Å². The first-order valence-corrected chi connectivity index (χ1v) is 19.9. The highest BCUT2D eigenvalue weighted by molar-refractivity contribution is 5.91. The van der Waals surface area contributed by atoms with Crippen molar-refractivity contribution in [1.82, 2.24) is 0 Å². The van der Waals surface area contributed by atoms with Gasteiger partial charge in [-0.1, -0.05) is 165 Å². The van der Waals surface area contributed by atoms with Crippen LogP contribution >= 0.6 is 0 Å². The van der Waals surface area contributed by atoms with Gasteiger partial charge in [-0.2, -0.15) is 0 Å². The number of hydrogen-bond acceptors (Lipinski definition) is 2. The molecule has 0 saturated heterocycles. The fraction of sp³-hybridized carbons (Fsp3) is 0.148. The Kier molecular flexibility index (Phi) is 7.32. The Hall–Kier alpha value is -6.56. The number of fused-ring (bicyclic) bond motifs is 12. The molecule has 1 spiro atoms. The molecule has 0 saturated carbocycles. The lowest BCUT2D eigenvalue weighted by atomic mass is 9.64. The quantitative estimate of drug-likeness (QED) is 0.168. The minimum Gasteiger partial charge on any atom is -0.455 e. The minimum atomic E-state index is -0.516. The van der Waals surface area contributed by atoms with Crippen LogP contribution in [0, 0.1) is 11.8 Å². The third-order valence-corrected chi connectivity index (χ3v) is 12.7. The molecule has 0 N–H and O–H groups in total. The molecule has 0 amide bonds. The van der Waals surface area contributed by atoms with Crippen molar-refractivity contribution in [3.63, 3.8) is 0 Å². The fourth-order valence-corrected chi connectivity index (χ4v) is 10.3. The molecule has 4 aliphatic carbocycles. The predicted octanol–water partition coefficient (Wildman–Crippen LogP) is 13.2. The van der Waals surface area contributed by atoms with Crippen molar-refractivity contribution in [3.05, 3.63) is 214 Å². The van der Waals surface area contributed by atoms with E-state index in [0.29, 0.717) is 6.42 Å². The van der Waals surface area contributed by atoms with Crippen LogP contribution < -0.4 is 9.64 Å². The zero-order valence-corrected chi connectivity index (χ0v) is 31.8. The van der Waals surface area contributed by atoms with Crippen LogP contribution in [-0.4, -0.2) is 0 Å². The first-order valence-electron chi connectivity index (χ1n) is 19.9. The van der Waals surface area contributed by atoms with E-state index in [4.69, 9.17) is 4.74 Å². The summed E-state index contributed by atoms with van der Waals surface area (Å²) in [5.74, 6) is 8.65. The Morgan fingerprint density at radius 2 is 1.23 bits per heavy atom. The Morgan fingerprint density at radius 3 is 2.00 bits per heavy atom. The number of nitrogens with zero attached hydrogens (tertiary/aromatic N) is 1. The van der Waals surface area contributed by atoms with Crippen LogP contribution in [0.2, 0.25) is 0 Å². The van der Waals surface area contributed by atoms with Gasteiger partial charge in [0.25, 0.3) is 0 Å². The van der Waals surface area contributed by atoms with Gasteiger partial charge in [0.2, 0.25) is 0 Å². The molecule has 0 unspecified atom stereocenters. The van der Waals surface area contributed by atoms with Gasteiger partial charge >= 0.3 is 0 Å². The molecule has 56 heavy (non-hydrogen) atoms. The summed E-state index contributed by atoms with van der Waals surface area (Å²) in [5.41, 5.74) is 18.2. The van der Waals surface area contributed by atoms with E-state index in [0.717, 1.165) is 42.1 Å². The molecule has 5 aliphatic rings. The van der Waals surface area contributed by atoms with Crippen LogP contribution in [0.15, 0.2) is 181 Å². The molecular formula is C54H41NO. The van der Waals surface area contributed by atoms with Crippen LogP contribution in [0.4, 0.5) is 11.4 Å². The topological polar surface area (TPSA) is 12.5 Å². The van der Waals surface area contributed by atoms with E-state index in [1.807, 2.05) is 0 Å². The molecule has 0 radical (unpaired) electrons. The third kappa shape index (κ3) is 4.58. The molecule has 268 valence electrons. The molecule has 1 heterocycles. The lowest BCUT2D eigenvalue weighted by Crippen LogP contribution is -2.38. The summed E-state index contributed by atoms with van der Waals surface area (Å²) in [7, 11) is 0. The first kappa shape index (κ1) is 32.8. The zero-order valence-electron chi connectivity index (χ0n) is 31.8. The first-order chi connectivity index (χ1) is 27.6. The van der Waals surface area contributed by atoms with Gasteiger partial charge in [0.05, 0.1) is 16.8 Å². The summed E-state index contributed by atoms with van der Waals surface area (Å²) >= 11 is 0. The normalized spacial score (nSPS) is 18.8. The molecule has 2 nitrogen and oxygen atoms in total. The number of anilines is 2. The Morgan fingerprint density at radius 1 is 0.607 bits per heavy atom. The van der Waals surface area contributed by atoms with Crippen molar-refractivity contribution in [2.75, 3.05) is 4.90 Å². The van der Waals surface area contributed by atoms with Crippen LogP contribution in [0.25, 0.3) is 27.8 Å². The lowest BCUT2D eigenvalue weighted by molar-refractivity contribution is 0.376. The van der Waals surface area contributed by atoms with Gasteiger partial charge in [0, 0.05) is 40.6 Å². The highest BCUT2D eigenvalue weighted by Crippen LogP contribution is 2.63. The second-order valence-corrected chi connectivity index (χ2v) is 16.0. The maximum atomic E-state index is 7.32. The summed E-state index contributed by atoms with van der Waals surface area (Å²) in [6.45, 7) is 4.74. The summed E-state index contributed by atoms with van der Waals surface area (Å²) in [5, 5.41) is 0. The monoisotopic (exact) mass is 719 g/mol. The van der Waals surface area contributed by atoms with Crippen LogP contribution in [0.5, 0.6) is 5.75 Å². The number of hydrogen-bond donors (Lipinski definition) is 0. The molecule has 0 atom stereocenters. The summed E-state index contributed by atoms with van der Waals surface area (Å²) in [4.78, 5) is 2.53. The fourth-order valence-electron chi connectivity index (χ4n) is 10.3. The van der Waals surface area contributed by atoms with E-state index < -0.39 is 5.41 Å². The molecule has 6 aromatic carbocycles. The average Bonchev–Trinajstić information content (AvgIpc) is 3.64. The van der Waals surface area contributed by atoms with Gasteiger partial charge in [-0.3, -0.25) is 0 Å². The minimum absolute atomic E-state index is 0.146. The maximum Gasteiger partial charge on any atom is 0.151 e. The zero-order chi connectivity index (χ0) is 37.4. The molecule has 11 rings (SSSR count). The standard InChI is InChI=1S/C54H41NO/c1-53(2)43-25-12-8-22-39(43)42-34-33-37(35-48(42)53)55(49-30-16-11-21-38(49)36-19-6-4-3-5-7-20-36)50-31-18-29-47-52(50)56-51-32-17-15-28-46(51)54(47)44-26-13-9-23-40(44)41-24-10-14-27-45(41)54/h4,6,8-17,19,21-30,32-35H,3,18,20,31H2,1-2H3/b6-4-,36-19+. The molecule has 2 heteroatoms. The smallest absolute Gasteiger partial charge is 0.151 e. The van der Waals surface area contributed by atoms with E-state index in [-0.39, 0.29) is 5.41 Å². The number of ether oxygens (including phenoxy) is 1. The molecule has 0 fully saturated rings. The summed E-state index contributed by atoms with van der Waals surface area (Å²) in [6, 6.07) is 51.7. The number of rotatable bonds is 4. The number of benzene rings is 6. The molecule has 0 bridgehead atoms. The van der Waals surface area contributed by atoms with E-state index in [9.17, 15) is 0 Å². The Balaban J connectivity index is 1.20. The third-order valence-electron chi connectivity index (χ3n) is 12.7. The SMILES string of the molecule is CC1(C)c2ccccc2-c2ccc(N(C3=C4Oc5ccccc5C5(C4=CCC3)c3ccccc3-c3ccccc35)c3ccccc3/C3=C/C=C\CC#CC3)cc21. The van der Waals surface area contributed by atoms with Gasteiger partial charge in [-0.15, -0.1) is 0 Å². The van der Waals surface area contributed by atoms with Crippen molar-refractivity contribution in [2.24, 2.45) is 0 Å². The largest absolute Gasteiger partial charge is 0.455 e. The Labute approximate surface area is 329 Å². The lowest BCUT2D eigenvalue weighted by Gasteiger charge is -2.44. The van der Waals surface area contributed by atoms with E-state index in [1.165, 1.54) is 72.5 Å². The summed E-state index contributed by atoms with van der Waals surface area (Å²) < 4.78 is 7.32. The number of allylic oxidation sites excluding steroid dienone is 7. The Bertz CT molecular complexity index is 2780. The van der Waals surface area contributed by atoms with Gasteiger partial charge in [-0.05, 0) is 87.2 Å². The molecule has 6 aromatic rings. The van der Waals surface area contributed by atoms with Crippen LogP contribution in [0.1, 0.15) is 72.9 Å².